The standard InChI is InChI=1S/C10H11BrN4OS/c11-7-2-1-6(17-7)3-4-13-9-8(12)10(16)15-5-14-9/h1-2,5H,3-4,12H2,(H2,13,14,15,16). The van der Waals surface area contributed by atoms with Crippen molar-refractivity contribution in [2.24, 2.45) is 0 Å². The van der Waals surface area contributed by atoms with Gasteiger partial charge in [0.15, 0.2) is 5.82 Å². The van der Waals surface area contributed by atoms with E-state index in [1.54, 1.807) is 11.3 Å². The summed E-state index contributed by atoms with van der Waals surface area (Å²) in [7, 11) is 0. The highest BCUT2D eigenvalue weighted by atomic mass is 79.9. The minimum absolute atomic E-state index is 0.125. The third-order valence-corrected chi connectivity index (χ3v) is 3.87. The molecule has 2 aromatic rings. The summed E-state index contributed by atoms with van der Waals surface area (Å²) >= 11 is 5.10. The molecule has 0 radical (unpaired) electrons. The largest absolute Gasteiger partial charge is 0.391 e. The van der Waals surface area contributed by atoms with Crippen LogP contribution in [0, 0.1) is 0 Å². The minimum atomic E-state index is -0.318. The molecule has 90 valence electrons. The molecule has 0 aromatic carbocycles. The number of hydrogen-bond donors (Lipinski definition) is 3. The lowest BCUT2D eigenvalue weighted by molar-refractivity contribution is 1.01. The van der Waals surface area contributed by atoms with Crippen molar-refractivity contribution < 1.29 is 0 Å². The maximum atomic E-state index is 11.2. The van der Waals surface area contributed by atoms with Crippen molar-refractivity contribution in [3.8, 4) is 0 Å². The molecule has 17 heavy (non-hydrogen) atoms. The van der Waals surface area contributed by atoms with Crippen LogP contribution in [0.25, 0.3) is 0 Å². The highest BCUT2D eigenvalue weighted by Crippen LogP contribution is 2.22. The van der Waals surface area contributed by atoms with Gasteiger partial charge in [0.1, 0.15) is 5.69 Å². The number of nitrogen functional groups attached to an aromatic ring is 1. The molecule has 5 nitrogen and oxygen atoms in total. The van der Waals surface area contributed by atoms with Crippen LogP contribution in [0.4, 0.5) is 11.5 Å². The molecule has 0 saturated carbocycles. The summed E-state index contributed by atoms with van der Waals surface area (Å²) in [6.07, 6.45) is 2.20. The van der Waals surface area contributed by atoms with Crippen LogP contribution >= 0.6 is 27.3 Å². The second-order valence-electron chi connectivity index (χ2n) is 3.38. The Morgan fingerprint density at radius 3 is 3.06 bits per heavy atom. The number of aromatic amines is 1. The van der Waals surface area contributed by atoms with E-state index in [0.717, 1.165) is 10.2 Å². The van der Waals surface area contributed by atoms with Crippen LogP contribution in [0.15, 0.2) is 27.0 Å². The molecule has 0 atom stereocenters. The summed E-state index contributed by atoms with van der Waals surface area (Å²) < 4.78 is 1.11. The van der Waals surface area contributed by atoms with E-state index in [1.165, 1.54) is 11.2 Å². The topological polar surface area (TPSA) is 83.8 Å². The van der Waals surface area contributed by atoms with Gasteiger partial charge in [-0.2, -0.15) is 0 Å². The first-order chi connectivity index (χ1) is 8.16. The van der Waals surface area contributed by atoms with E-state index in [1.807, 2.05) is 6.07 Å². The van der Waals surface area contributed by atoms with Crippen LogP contribution in [-0.2, 0) is 6.42 Å². The lowest BCUT2D eigenvalue weighted by atomic mass is 10.3. The van der Waals surface area contributed by atoms with E-state index in [-0.39, 0.29) is 11.2 Å². The van der Waals surface area contributed by atoms with Crippen molar-refractivity contribution in [2.45, 2.75) is 6.42 Å². The molecular weight excluding hydrogens is 304 g/mol. The Kier molecular flexibility index (Phi) is 3.80. The Balaban J connectivity index is 1.94. The predicted molar refractivity (Wildman–Crippen MR) is 73.5 cm³/mol. The Morgan fingerprint density at radius 1 is 1.53 bits per heavy atom. The van der Waals surface area contributed by atoms with Gasteiger partial charge in [0.25, 0.3) is 5.56 Å². The maximum Gasteiger partial charge on any atom is 0.276 e. The Morgan fingerprint density at radius 2 is 2.35 bits per heavy atom. The summed E-state index contributed by atoms with van der Waals surface area (Å²) in [5.74, 6) is 0.435. The normalized spacial score (nSPS) is 10.4. The first-order valence-corrected chi connectivity index (χ1v) is 6.59. The average molecular weight is 315 g/mol. The first-order valence-electron chi connectivity index (χ1n) is 4.98. The second-order valence-corrected chi connectivity index (χ2v) is 5.92. The SMILES string of the molecule is Nc1c(NCCc2ccc(Br)s2)nc[nH]c1=O. The van der Waals surface area contributed by atoms with E-state index in [4.69, 9.17) is 5.73 Å². The fourth-order valence-corrected chi connectivity index (χ4v) is 2.82. The predicted octanol–water partition coefficient (Wildman–Crippen LogP) is 1.83. The van der Waals surface area contributed by atoms with Crippen molar-refractivity contribution in [3.63, 3.8) is 0 Å². The Bertz CT molecular complexity index is 565. The molecule has 0 saturated heterocycles. The van der Waals surface area contributed by atoms with E-state index in [9.17, 15) is 4.79 Å². The third-order valence-electron chi connectivity index (χ3n) is 2.18. The number of anilines is 2. The van der Waals surface area contributed by atoms with Gasteiger partial charge in [-0.1, -0.05) is 0 Å². The molecule has 0 bridgehead atoms. The molecule has 0 spiro atoms. The molecule has 2 aromatic heterocycles. The lowest BCUT2D eigenvalue weighted by Gasteiger charge is -2.05. The summed E-state index contributed by atoms with van der Waals surface area (Å²) in [4.78, 5) is 18.9. The molecule has 2 rings (SSSR count). The average Bonchev–Trinajstić information content (AvgIpc) is 2.70. The van der Waals surface area contributed by atoms with Gasteiger partial charge >= 0.3 is 0 Å². The van der Waals surface area contributed by atoms with Crippen molar-refractivity contribution in [1.82, 2.24) is 9.97 Å². The molecule has 7 heteroatoms. The molecular formula is C10H11BrN4OS. The lowest BCUT2D eigenvalue weighted by Crippen LogP contribution is -2.17. The summed E-state index contributed by atoms with van der Waals surface area (Å²) in [6.45, 7) is 0.688. The number of nitrogens with zero attached hydrogens (tertiary/aromatic N) is 1. The third kappa shape index (κ3) is 3.07. The van der Waals surface area contributed by atoms with Crippen molar-refractivity contribution in [3.05, 3.63) is 37.5 Å². The monoisotopic (exact) mass is 314 g/mol. The summed E-state index contributed by atoms with van der Waals surface area (Å²) in [6, 6.07) is 4.07. The molecule has 0 aliphatic carbocycles. The van der Waals surface area contributed by atoms with Crippen molar-refractivity contribution in [2.75, 3.05) is 17.6 Å². The second kappa shape index (κ2) is 5.33. The van der Waals surface area contributed by atoms with Gasteiger partial charge in [-0.05, 0) is 34.5 Å². The summed E-state index contributed by atoms with van der Waals surface area (Å²) in [5.41, 5.74) is 5.40. The molecule has 0 aliphatic rings. The number of rotatable bonds is 4. The number of thiophene rings is 1. The van der Waals surface area contributed by atoms with Crippen LogP contribution in [0.2, 0.25) is 0 Å². The van der Waals surface area contributed by atoms with Gasteiger partial charge in [0.05, 0.1) is 10.1 Å². The number of H-pyrrole nitrogens is 1. The van der Waals surface area contributed by atoms with Crippen LogP contribution in [0.3, 0.4) is 0 Å². The molecule has 4 N–H and O–H groups in total. The highest BCUT2D eigenvalue weighted by Gasteiger charge is 2.03. The minimum Gasteiger partial charge on any atom is -0.391 e. The highest BCUT2D eigenvalue weighted by molar-refractivity contribution is 9.11. The number of hydrogen-bond acceptors (Lipinski definition) is 5. The molecule has 0 amide bonds. The first kappa shape index (κ1) is 12.1. The van der Waals surface area contributed by atoms with E-state index in [2.05, 4.69) is 37.3 Å². The zero-order valence-electron chi connectivity index (χ0n) is 8.87. The van der Waals surface area contributed by atoms with Gasteiger partial charge in [0, 0.05) is 11.4 Å². The van der Waals surface area contributed by atoms with Gasteiger partial charge < -0.3 is 16.0 Å². The fourth-order valence-electron chi connectivity index (χ4n) is 1.34. The fraction of sp³-hybridized carbons (Fsp3) is 0.200. The van der Waals surface area contributed by atoms with Gasteiger partial charge in [0.2, 0.25) is 0 Å². The maximum absolute atomic E-state index is 11.2. The summed E-state index contributed by atoms with van der Waals surface area (Å²) in [5, 5.41) is 3.05. The quantitative estimate of drug-likeness (QED) is 0.804. The molecule has 2 heterocycles. The molecule has 0 unspecified atom stereocenters. The number of nitrogens with one attached hydrogen (secondary N) is 2. The number of nitrogens with two attached hydrogens (primary N) is 1. The molecule has 0 aliphatic heterocycles. The Hall–Kier alpha value is -1.34. The smallest absolute Gasteiger partial charge is 0.276 e. The van der Waals surface area contributed by atoms with E-state index >= 15 is 0 Å². The van der Waals surface area contributed by atoms with Gasteiger partial charge in [-0.3, -0.25) is 4.79 Å². The van der Waals surface area contributed by atoms with Gasteiger partial charge in [-0.15, -0.1) is 11.3 Å². The number of aromatic nitrogens is 2. The molecule has 0 fully saturated rings. The van der Waals surface area contributed by atoms with Crippen LogP contribution < -0.4 is 16.6 Å². The number of halogens is 1. The zero-order chi connectivity index (χ0) is 12.3. The van der Waals surface area contributed by atoms with E-state index in [0.29, 0.717) is 12.4 Å². The van der Waals surface area contributed by atoms with E-state index < -0.39 is 0 Å². The van der Waals surface area contributed by atoms with Crippen LogP contribution in [-0.4, -0.2) is 16.5 Å². The van der Waals surface area contributed by atoms with Gasteiger partial charge in [-0.25, -0.2) is 4.98 Å². The van der Waals surface area contributed by atoms with Crippen molar-refractivity contribution in [1.29, 1.82) is 0 Å². The zero-order valence-corrected chi connectivity index (χ0v) is 11.3. The Labute approximate surface area is 110 Å². The van der Waals surface area contributed by atoms with Crippen LogP contribution in [0.1, 0.15) is 4.88 Å². The van der Waals surface area contributed by atoms with Crippen LogP contribution in [0.5, 0.6) is 0 Å². The van der Waals surface area contributed by atoms with Crippen molar-refractivity contribution >= 4 is 38.8 Å².